The number of thiocarbonyl (C=S) groups is 1. The van der Waals surface area contributed by atoms with Crippen molar-refractivity contribution in [1.82, 2.24) is 10.6 Å². The van der Waals surface area contributed by atoms with Gasteiger partial charge in [0.25, 0.3) is 5.91 Å². The number of amides is 1. The quantitative estimate of drug-likeness (QED) is 0.543. The van der Waals surface area contributed by atoms with E-state index < -0.39 is 0 Å². The molecule has 1 fully saturated rings. The number of benzene rings is 1. The van der Waals surface area contributed by atoms with Crippen LogP contribution in [-0.2, 0) is 4.79 Å². The van der Waals surface area contributed by atoms with Crippen LogP contribution in [0, 0.1) is 0 Å². The van der Waals surface area contributed by atoms with Gasteiger partial charge in [-0.05, 0) is 36.5 Å². The molecular formula is C10H7BrN2O2S. The van der Waals surface area contributed by atoms with Crippen LogP contribution in [0.5, 0.6) is 5.75 Å². The smallest absolute Gasteiger partial charge is 0.273 e. The van der Waals surface area contributed by atoms with Crippen molar-refractivity contribution in [2.24, 2.45) is 0 Å². The van der Waals surface area contributed by atoms with Crippen LogP contribution in [-0.4, -0.2) is 16.1 Å². The van der Waals surface area contributed by atoms with Crippen LogP contribution in [0.4, 0.5) is 0 Å². The SMILES string of the molecule is O=C1NC(=S)N/C1=C/c1cc(Br)ccc1O. The first kappa shape index (κ1) is 11.1. The van der Waals surface area contributed by atoms with Gasteiger partial charge in [0.15, 0.2) is 5.11 Å². The molecule has 0 atom stereocenters. The lowest BCUT2D eigenvalue weighted by atomic mass is 10.1. The van der Waals surface area contributed by atoms with Gasteiger partial charge in [-0.2, -0.15) is 0 Å². The number of nitrogens with one attached hydrogen (secondary N) is 2. The third-order valence-electron chi connectivity index (χ3n) is 2.01. The molecule has 0 bridgehead atoms. The molecule has 1 aliphatic rings. The Morgan fingerprint density at radius 3 is 2.75 bits per heavy atom. The number of halogens is 1. The van der Waals surface area contributed by atoms with Crippen molar-refractivity contribution >= 4 is 45.2 Å². The van der Waals surface area contributed by atoms with Gasteiger partial charge in [-0.15, -0.1) is 0 Å². The summed E-state index contributed by atoms with van der Waals surface area (Å²) in [4.78, 5) is 11.4. The molecular weight excluding hydrogens is 292 g/mol. The molecule has 82 valence electrons. The predicted molar refractivity (Wildman–Crippen MR) is 67.7 cm³/mol. The molecule has 1 amide bonds. The summed E-state index contributed by atoms with van der Waals surface area (Å²) in [7, 11) is 0. The Bertz CT molecular complexity index is 514. The molecule has 0 saturated carbocycles. The summed E-state index contributed by atoms with van der Waals surface area (Å²) in [6, 6.07) is 4.96. The maximum atomic E-state index is 11.4. The number of hydrogen-bond acceptors (Lipinski definition) is 3. The average molecular weight is 299 g/mol. The largest absolute Gasteiger partial charge is 0.507 e. The predicted octanol–water partition coefficient (Wildman–Crippen LogP) is 1.50. The molecule has 0 aliphatic carbocycles. The fourth-order valence-electron chi connectivity index (χ4n) is 1.28. The summed E-state index contributed by atoms with van der Waals surface area (Å²) in [5, 5.41) is 15.0. The second-order valence-electron chi connectivity index (χ2n) is 3.17. The number of rotatable bonds is 1. The monoisotopic (exact) mass is 298 g/mol. The number of carbonyl (C=O) groups is 1. The van der Waals surface area contributed by atoms with Crippen LogP contribution in [0.3, 0.4) is 0 Å². The zero-order chi connectivity index (χ0) is 11.7. The first-order valence-corrected chi connectivity index (χ1v) is 5.59. The van der Waals surface area contributed by atoms with Crippen molar-refractivity contribution in [3.63, 3.8) is 0 Å². The molecule has 3 N–H and O–H groups in total. The maximum Gasteiger partial charge on any atom is 0.273 e. The van der Waals surface area contributed by atoms with Crippen molar-refractivity contribution < 1.29 is 9.90 Å². The normalized spacial score (nSPS) is 17.4. The second kappa shape index (κ2) is 4.23. The Labute approximate surface area is 105 Å². The van der Waals surface area contributed by atoms with E-state index in [1.807, 2.05) is 0 Å². The third-order valence-corrected chi connectivity index (χ3v) is 2.71. The standard InChI is InChI=1S/C10H7BrN2O2S/c11-6-1-2-8(14)5(3-6)4-7-9(15)13-10(16)12-7/h1-4,14H,(H2,12,13,15,16)/b7-4+. The summed E-state index contributed by atoms with van der Waals surface area (Å²) >= 11 is 8.08. The van der Waals surface area contributed by atoms with Crippen LogP contribution < -0.4 is 10.6 Å². The van der Waals surface area contributed by atoms with Crippen LogP contribution in [0.25, 0.3) is 6.08 Å². The van der Waals surface area contributed by atoms with Gasteiger partial charge < -0.3 is 10.4 Å². The van der Waals surface area contributed by atoms with Gasteiger partial charge in [-0.1, -0.05) is 15.9 Å². The highest BCUT2D eigenvalue weighted by Crippen LogP contribution is 2.24. The second-order valence-corrected chi connectivity index (χ2v) is 4.49. The summed E-state index contributed by atoms with van der Waals surface area (Å²) < 4.78 is 0.818. The first-order valence-electron chi connectivity index (χ1n) is 4.39. The Morgan fingerprint density at radius 2 is 2.12 bits per heavy atom. The van der Waals surface area contributed by atoms with Gasteiger partial charge in [0.1, 0.15) is 11.4 Å². The van der Waals surface area contributed by atoms with Crippen molar-refractivity contribution in [3.05, 3.63) is 33.9 Å². The van der Waals surface area contributed by atoms with Gasteiger partial charge in [0, 0.05) is 10.0 Å². The molecule has 0 spiro atoms. The lowest BCUT2D eigenvalue weighted by molar-refractivity contribution is -0.115. The molecule has 1 aromatic rings. The van der Waals surface area contributed by atoms with Gasteiger partial charge >= 0.3 is 0 Å². The molecule has 0 unspecified atom stereocenters. The van der Waals surface area contributed by atoms with E-state index in [4.69, 9.17) is 12.2 Å². The Balaban J connectivity index is 2.39. The van der Waals surface area contributed by atoms with Crippen LogP contribution in [0.15, 0.2) is 28.4 Å². The van der Waals surface area contributed by atoms with Crippen LogP contribution >= 0.6 is 28.1 Å². The maximum absolute atomic E-state index is 11.4. The van der Waals surface area contributed by atoms with Crippen molar-refractivity contribution in [3.8, 4) is 5.75 Å². The average Bonchev–Trinajstić information content (AvgIpc) is 2.51. The fraction of sp³-hybridized carbons (Fsp3) is 0. The molecule has 0 radical (unpaired) electrons. The highest BCUT2D eigenvalue weighted by Gasteiger charge is 2.20. The molecule has 16 heavy (non-hydrogen) atoms. The Morgan fingerprint density at radius 1 is 1.38 bits per heavy atom. The van der Waals surface area contributed by atoms with E-state index in [0.717, 1.165) is 4.47 Å². The molecule has 0 aromatic heterocycles. The third kappa shape index (κ3) is 2.23. The summed E-state index contributed by atoms with van der Waals surface area (Å²) in [6.07, 6.45) is 1.54. The van der Waals surface area contributed by atoms with Crippen molar-refractivity contribution in [2.75, 3.05) is 0 Å². The van der Waals surface area contributed by atoms with Gasteiger partial charge in [-0.3, -0.25) is 10.1 Å². The van der Waals surface area contributed by atoms with E-state index >= 15 is 0 Å². The molecule has 1 aromatic carbocycles. The fourth-order valence-corrected chi connectivity index (χ4v) is 1.86. The van der Waals surface area contributed by atoms with Gasteiger partial charge in [0.2, 0.25) is 0 Å². The topological polar surface area (TPSA) is 61.4 Å². The number of phenols is 1. The molecule has 1 saturated heterocycles. The lowest BCUT2D eigenvalue weighted by Gasteiger charge is -2.01. The summed E-state index contributed by atoms with van der Waals surface area (Å²) in [5.74, 6) is -0.201. The minimum atomic E-state index is -0.302. The van der Waals surface area contributed by atoms with E-state index in [1.165, 1.54) is 6.08 Å². The van der Waals surface area contributed by atoms with E-state index in [2.05, 4.69) is 26.6 Å². The van der Waals surface area contributed by atoms with E-state index in [-0.39, 0.29) is 16.8 Å². The molecule has 1 aliphatic heterocycles. The van der Waals surface area contributed by atoms with E-state index in [0.29, 0.717) is 11.3 Å². The molecule has 1 heterocycles. The van der Waals surface area contributed by atoms with Crippen LogP contribution in [0.2, 0.25) is 0 Å². The van der Waals surface area contributed by atoms with Gasteiger partial charge in [0.05, 0.1) is 0 Å². The molecule has 6 heteroatoms. The van der Waals surface area contributed by atoms with Gasteiger partial charge in [-0.25, -0.2) is 0 Å². The minimum Gasteiger partial charge on any atom is -0.507 e. The summed E-state index contributed by atoms with van der Waals surface area (Å²) in [5.41, 5.74) is 0.857. The van der Waals surface area contributed by atoms with Crippen molar-refractivity contribution in [1.29, 1.82) is 0 Å². The Hall–Kier alpha value is -1.40. The number of hydrogen-bond donors (Lipinski definition) is 3. The Kier molecular flexibility index (Phi) is 2.93. The summed E-state index contributed by atoms with van der Waals surface area (Å²) in [6.45, 7) is 0. The lowest BCUT2D eigenvalue weighted by Crippen LogP contribution is -2.21. The number of aromatic hydroxyl groups is 1. The van der Waals surface area contributed by atoms with Crippen LogP contribution in [0.1, 0.15) is 5.56 Å². The number of phenolic OH excluding ortho intramolecular Hbond substituents is 1. The highest BCUT2D eigenvalue weighted by molar-refractivity contribution is 9.10. The zero-order valence-corrected chi connectivity index (χ0v) is 10.4. The highest BCUT2D eigenvalue weighted by atomic mass is 79.9. The number of carbonyl (C=O) groups excluding carboxylic acids is 1. The van der Waals surface area contributed by atoms with E-state index in [9.17, 15) is 9.90 Å². The molecule has 4 nitrogen and oxygen atoms in total. The van der Waals surface area contributed by atoms with Crippen molar-refractivity contribution in [2.45, 2.75) is 0 Å². The van der Waals surface area contributed by atoms with E-state index in [1.54, 1.807) is 18.2 Å². The zero-order valence-electron chi connectivity index (χ0n) is 7.95. The first-order chi connectivity index (χ1) is 7.56. The molecule has 2 rings (SSSR count). The minimum absolute atomic E-state index is 0.100.